The molecular weight excluding hydrogens is 262 g/mol. The number of nitrogens with zero attached hydrogens (tertiary/aromatic N) is 1. The first kappa shape index (κ1) is 14.0. The number of aliphatic hydroxyl groups is 1. The molecule has 5 rings (SSSR count). The standard InChI is InChI=1S/C18H29NO2/c20-12-13-1-3-19(4-2-13)17(21)11-18-8-14-5-15(9-18)7-16(6-14)10-18/h13-16,20H,1-12H2. The molecule has 3 nitrogen and oxygen atoms in total. The summed E-state index contributed by atoms with van der Waals surface area (Å²) in [5.41, 5.74) is 0.375. The van der Waals surface area contributed by atoms with Crippen LogP contribution >= 0.6 is 0 Å². The van der Waals surface area contributed by atoms with E-state index >= 15 is 0 Å². The first-order valence-electron chi connectivity index (χ1n) is 9.04. The minimum absolute atomic E-state index is 0.289. The molecule has 4 saturated carbocycles. The van der Waals surface area contributed by atoms with Crippen molar-refractivity contribution in [1.29, 1.82) is 0 Å². The predicted octanol–water partition coefficient (Wildman–Crippen LogP) is 2.82. The fourth-order valence-electron chi connectivity index (χ4n) is 6.30. The molecule has 0 aromatic heterocycles. The Bertz CT molecular complexity index is 376. The lowest BCUT2D eigenvalue weighted by molar-refractivity contribution is -0.141. The molecule has 3 heteroatoms. The number of likely N-dealkylation sites (tertiary alicyclic amines) is 1. The Hall–Kier alpha value is -0.570. The van der Waals surface area contributed by atoms with Crippen molar-refractivity contribution in [3.63, 3.8) is 0 Å². The van der Waals surface area contributed by atoms with E-state index in [0.29, 0.717) is 17.2 Å². The highest BCUT2D eigenvalue weighted by Gasteiger charge is 2.51. The summed E-state index contributed by atoms with van der Waals surface area (Å²) in [6, 6.07) is 0. The van der Waals surface area contributed by atoms with Crippen LogP contribution < -0.4 is 0 Å². The van der Waals surface area contributed by atoms with Gasteiger partial charge >= 0.3 is 0 Å². The zero-order valence-corrected chi connectivity index (χ0v) is 13.1. The van der Waals surface area contributed by atoms with Gasteiger partial charge in [0.15, 0.2) is 0 Å². The van der Waals surface area contributed by atoms with Crippen molar-refractivity contribution in [3.8, 4) is 0 Å². The molecule has 5 fully saturated rings. The maximum Gasteiger partial charge on any atom is 0.223 e. The highest BCUT2D eigenvalue weighted by atomic mass is 16.3. The Morgan fingerprint density at radius 1 is 1.00 bits per heavy atom. The van der Waals surface area contributed by atoms with Crippen molar-refractivity contribution in [3.05, 3.63) is 0 Å². The van der Waals surface area contributed by atoms with Gasteiger partial charge in [-0.05, 0) is 80.5 Å². The first-order chi connectivity index (χ1) is 10.2. The van der Waals surface area contributed by atoms with E-state index in [1.54, 1.807) is 0 Å². The van der Waals surface area contributed by atoms with Crippen molar-refractivity contribution in [2.75, 3.05) is 19.7 Å². The highest BCUT2D eigenvalue weighted by Crippen LogP contribution is 2.61. The molecule has 1 N–H and O–H groups in total. The van der Waals surface area contributed by atoms with Crippen molar-refractivity contribution in [2.24, 2.45) is 29.1 Å². The minimum atomic E-state index is 0.289. The van der Waals surface area contributed by atoms with Gasteiger partial charge in [-0.1, -0.05) is 0 Å². The number of hydrogen-bond acceptors (Lipinski definition) is 2. The van der Waals surface area contributed by atoms with Crippen LogP contribution in [0.3, 0.4) is 0 Å². The van der Waals surface area contributed by atoms with Crippen molar-refractivity contribution in [2.45, 2.75) is 57.8 Å². The Morgan fingerprint density at radius 3 is 2.00 bits per heavy atom. The van der Waals surface area contributed by atoms with Gasteiger partial charge in [-0.15, -0.1) is 0 Å². The molecule has 1 aliphatic heterocycles. The second kappa shape index (κ2) is 5.26. The van der Waals surface area contributed by atoms with Crippen molar-refractivity contribution in [1.82, 2.24) is 4.90 Å². The van der Waals surface area contributed by atoms with Gasteiger partial charge in [0.05, 0.1) is 0 Å². The molecular formula is C18H29NO2. The molecule has 1 heterocycles. The van der Waals surface area contributed by atoms with Gasteiger partial charge in [0.2, 0.25) is 5.91 Å². The van der Waals surface area contributed by atoms with Crippen LogP contribution in [0.2, 0.25) is 0 Å². The average Bonchev–Trinajstić information content (AvgIpc) is 2.45. The Morgan fingerprint density at radius 2 is 1.52 bits per heavy atom. The summed E-state index contributed by atoms with van der Waals surface area (Å²) in [5.74, 6) is 3.64. The van der Waals surface area contributed by atoms with Crippen LogP contribution in [-0.2, 0) is 4.79 Å². The topological polar surface area (TPSA) is 40.5 Å². The summed E-state index contributed by atoms with van der Waals surface area (Å²) in [5, 5.41) is 9.22. The largest absolute Gasteiger partial charge is 0.396 e. The smallest absolute Gasteiger partial charge is 0.223 e. The van der Waals surface area contributed by atoms with E-state index in [9.17, 15) is 9.90 Å². The summed E-state index contributed by atoms with van der Waals surface area (Å²) < 4.78 is 0. The molecule has 0 aromatic rings. The molecule has 21 heavy (non-hydrogen) atoms. The number of aliphatic hydroxyl groups excluding tert-OH is 1. The number of hydrogen-bond donors (Lipinski definition) is 1. The normalized spacial score (nSPS) is 42.5. The van der Waals surface area contributed by atoms with Crippen LogP contribution in [-0.4, -0.2) is 35.6 Å². The lowest BCUT2D eigenvalue weighted by Gasteiger charge is -2.57. The first-order valence-corrected chi connectivity index (χ1v) is 9.04. The molecule has 1 amide bonds. The van der Waals surface area contributed by atoms with Crippen molar-refractivity contribution >= 4 is 5.91 Å². The van der Waals surface area contributed by atoms with Gasteiger partial charge in [-0.25, -0.2) is 0 Å². The molecule has 4 aliphatic carbocycles. The summed E-state index contributed by atoms with van der Waals surface area (Å²) in [6.45, 7) is 2.03. The molecule has 118 valence electrons. The van der Waals surface area contributed by atoms with Crippen LogP contribution in [0.1, 0.15) is 57.8 Å². The van der Waals surface area contributed by atoms with Gasteiger partial charge in [-0.2, -0.15) is 0 Å². The lowest BCUT2D eigenvalue weighted by Crippen LogP contribution is -2.49. The maximum absolute atomic E-state index is 12.7. The third-order valence-electron chi connectivity index (χ3n) is 6.92. The number of rotatable bonds is 3. The van der Waals surface area contributed by atoms with Crippen LogP contribution in [0, 0.1) is 29.1 Å². The van der Waals surface area contributed by atoms with E-state index in [2.05, 4.69) is 4.90 Å². The van der Waals surface area contributed by atoms with Crippen LogP contribution in [0.25, 0.3) is 0 Å². The highest BCUT2D eigenvalue weighted by molar-refractivity contribution is 5.77. The van der Waals surface area contributed by atoms with Crippen molar-refractivity contribution < 1.29 is 9.90 Å². The van der Waals surface area contributed by atoms with E-state index in [4.69, 9.17) is 0 Å². The summed E-state index contributed by atoms with van der Waals surface area (Å²) in [6.07, 6.45) is 11.2. The predicted molar refractivity (Wildman–Crippen MR) is 81.6 cm³/mol. The lowest BCUT2D eigenvalue weighted by atomic mass is 9.49. The minimum Gasteiger partial charge on any atom is -0.396 e. The molecule has 0 unspecified atom stereocenters. The molecule has 4 bridgehead atoms. The Kier molecular flexibility index (Phi) is 3.52. The molecule has 5 aliphatic rings. The fraction of sp³-hybridized carbons (Fsp3) is 0.944. The Labute approximate surface area is 128 Å². The maximum atomic E-state index is 12.7. The van der Waals surface area contributed by atoms with E-state index in [1.807, 2.05) is 0 Å². The number of carbonyl (C=O) groups is 1. The molecule has 1 saturated heterocycles. The summed E-state index contributed by atoms with van der Waals surface area (Å²) in [7, 11) is 0. The van der Waals surface area contributed by atoms with E-state index < -0.39 is 0 Å². The van der Waals surface area contributed by atoms with Crippen LogP contribution in [0.4, 0.5) is 0 Å². The number of carbonyl (C=O) groups excluding carboxylic acids is 1. The van der Waals surface area contributed by atoms with Crippen LogP contribution in [0.15, 0.2) is 0 Å². The summed E-state index contributed by atoms with van der Waals surface area (Å²) >= 11 is 0. The van der Waals surface area contributed by atoms with E-state index in [0.717, 1.165) is 50.1 Å². The molecule has 0 radical (unpaired) electrons. The third kappa shape index (κ3) is 2.62. The molecule has 0 atom stereocenters. The Balaban J connectivity index is 1.38. The zero-order chi connectivity index (χ0) is 14.4. The van der Waals surface area contributed by atoms with Gasteiger partial charge in [0, 0.05) is 26.1 Å². The average molecular weight is 291 g/mol. The second-order valence-corrected chi connectivity index (χ2v) is 8.60. The third-order valence-corrected chi connectivity index (χ3v) is 6.92. The zero-order valence-electron chi connectivity index (χ0n) is 13.1. The van der Waals surface area contributed by atoms with Gasteiger partial charge in [-0.3, -0.25) is 4.79 Å². The summed E-state index contributed by atoms with van der Waals surface area (Å²) in [4.78, 5) is 14.8. The van der Waals surface area contributed by atoms with E-state index in [-0.39, 0.29) is 6.61 Å². The van der Waals surface area contributed by atoms with E-state index in [1.165, 1.54) is 38.5 Å². The second-order valence-electron chi connectivity index (χ2n) is 8.60. The fourth-order valence-corrected chi connectivity index (χ4v) is 6.30. The molecule has 0 aromatic carbocycles. The number of piperidine rings is 1. The van der Waals surface area contributed by atoms with Crippen LogP contribution in [0.5, 0.6) is 0 Å². The van der Waals surface area contributed by atoms with Gasteiger partial charge in [0.25, 0.3) is 0 Å². The monoisotopic (exact) mass is 291 g/mol. The molecule has 0 spiro atoms. The number of amides is 1. The SMILES string of the molecule is O=C(CC12CC3CC(CC(C3)C1)C2)N1CCC(CO)CC1. The van der Waals surface area contributed by atoms with Gasteiger partial charge < -0.3 is 10.0 Å². The van der Waals surface area contributed by atoms with Gasteiger partial charge in [0.1, 0.15) is 0 Å². The quantitative estimate of drug-likeness (QED) is 0.868.